The van der Waals surface area contributed by atoms with E-state index in [9.17, 15) is 4.79 Å². The van der Waals surface area contributed by atoms with E-state index < -0.39 is 0 Å². The lowest BCUT2D eigenvalue weighted by atomic mass is 10.1. The highest BCUT2D eigenvalue weighted by molar-refractivity contribution is 5.82. The van der Waals surface area contributed by atoms with Crippen molar-refractivity contribution >= 4 is 11.7 Å². The van der Waals surface area contributed by atoms with Gasteiger partial charge in [0.1, 0.15) is 0 Å². The third kappa shape index (κ3) is 24.7. The Kier molecular flexibility index (Phi) is 28.7. The topological polar surface area (TPSA) is 44.7 Å². The molecule has 4 nitrogen and oxygen atoms in total. The second-order valence-corrected chi connectivity index (χ2v) is 10.8. The summed E-state index contributed by atoms with van der Waals surface area (Å²) in [6, 6.07) is 0. The molecule has 0 atom stereocenters. The molecule has 4 heteroatoms. The van der Waals surface area contributed by atoms with Crippen molar-refractivity contribution in [1.29, 1.82) is 0 Å². The Balaban J connectivity index is 3.90. The van der Waals surface area contributed by atoms with Gasteiger partial charge in [-0.2, -0.15) is 0 Å². The molecule has 0 aromatic rings. The summed E-state index contributed by atoms with van der Waals surface area (Å²) in [4.78, 5) is 19.3. The van der Waals surface area contributed by atoms with Crippen LogP contribution in [0.3, 0.4) is 0 Å². The zero-order valence-corrected chi connectivity index (χ0v) is 26.1. The molecule has 38 heavy (non-hydrogen) atoms. The molecule has 0 saturated heterocycles. The predicted octanol–water partition coefficient (Wildman–Crippen LogP) is 9.80. The summed E-state index contributed by atoms with van der Waals surface area (Å²) < 4.78 is 0. The molecule has 0 aromatic heterocycles. The van der Waals surface area contributed by atoms with Gasteiger partial charge in [-0.1, -0.05) is 109 Å². The molecule has 0 saturated carbocycles. The van der Waals surface area contributed by atoms with E-state index >= 15 is 0 Å². The molecule has 0 fully saturated rings. The molecular formula is C34H65N3O. The lowest BCUT2D eigenvalue weighted by Gasteiger charge is -2.26. The van der Waals surface area contributed by atoms with Gasteiger partial charge >= 0.3 is 0 Å². The van der Waals surface area contributed by atoms with Gasteiger partial charge in [-0.25, -0.2) is 0 Å². The van der Waals surface area contributed by atoms with Crippen LogP contribution in [0.5, 0.6) is 0 Å². The number of nitrogens with zero attached hydrogens (tertiary/aromatic N) is 2. The van der Waals surface area contributed by atoms with Gasteiger partial charge in [0.05, 0.1) is 5.84 Å². The highest BCUT2D eigenvalue weighted by Gasteiger charge is 2.10. The van der Waals surface area contributed by atoms with Crippen LogP contribution >= 0.6 is 0 Å². The van der Waals surface area contributed by atoms with Crippen LogP contribution in [0.4, 0.5) is 0 Å². The number of aliphatic imine (C=N–C) groups is 1. The average Bonchev–Trinajstić information content (AvgIpc) is 2.92. The lowest BCUT2D eigenvalue weighted by molar-refractivity contribution is -0.121. The van der Waals surface area contributed by atoms with Crippen molar-refractivity contribution in [2.75, 3.05) is 26.7 Å². The fourth-order valence-corrected chi connectivity index (χ4v) is 4.74. The standard InChI is InChI=1S/C34H65N3O/c1-5-8-10-12-14-16-18-20-22-24-26-28-33(35-4)37(31-7-3)32-30-36-34(38)29-27-25-23-21-19-17-15-13-11-9-6-2/h12-15H,5-11,16-32H2,1-4H3,(H,36,38)/b14-12+,15-13+,35-33?. The maximum absolute atomic E-state index is 12.3. The molecule has 0 spiro atoms. The minimum atomic E-state index is 0.204. The maximum atomic E-state index is 12.3. The highest BCUT2D eigenvalue weighted by atomic mass is 16.1. The molecular weight excluding hydrogens is 466 g/mol. The number of hydrogen-bond donors (Lipinski definition) is 1. The first-order valence-corrected chi connectivity index (χ1v) is 16.5. The Morgan fingerprint density at radius 2 is 1.08 bits per heavy atom. The normalized spacial score (nSPS) is 12.2. The van der Waals surface area contributed by atoms with Crippen LogP contribution in [0, 0.1) is 0 Å². The molecule has 0 aliphatic heterocycles. The van der Waals surface area contributed by atoms with Gasteiger partial charge in [0.25, 0.3) is 0 Å². The van der Waals surface area contributed by atoms with E-state index in [0.29, 0.717) is 13.0 Å². The summed E-state index contributed by atoms with van der Waals surface area (Å²) in [7, 11) is 1.92. The van der Waals surface area contributed by atoms with Crippen molar-refractivity contribution in [3.05, 3.63) is 24.3 Å². The van der Waals surface area contributed by atoms with Gasteiger partial charge in [-0.05, 0) is 57.8 Å². The fourth-order valence-electron chi connectivity index (χ4n) is 4.74. The van der Waals surface area contributed by atoms with Crippen LogP contribution in [-0.4, -0.2) is 43.3 Å². The van der Waals surface area contributed by atoms with Crippen LogP contribution in [0.1, 0.15) is 156 Å². The zero-order chi connectivity index (χ0) is 27.9. The molecule has 0 heterocycles. The number of rotatable bonds is 27. The first kappa shape index (κ1) is 36.4. The van der Waals surface area contributed by atoms with Gasteiger partial charge in [-0.3, -0.25) is 9.79 Å². The van der Waals surface area contributed by atoms with Gasteiger partial charge in [-0.15, -0.1) is 0 Å². The molecule has 0 rings (SSSR count). The Hall–Kier alpha value is -1.58. The van der Waals surface area contributed by atoms with Crippen molar-refractivity contribution < 1.29 is 4.79 Å². The number of carbonyl (C=O) groups excluding carboxylic acids is 1. The van der Waals surface area contributed by atoms with E-state index in [-0.39, 0.29) is 5.91 Å². The molecule has 0 unspecified atom stereocenters. The van der Waals surface area contributed by atoms with Crippen molar-refractivity contribution in [3.8, 4) is 0 Å². The van der Waals surface area contributed by atoms with E-state index in [4.69, 9.17) is 0 Å². The highest BCUT2D eigenvalue weighted by Crippen LogP contribution is 2.11. The van der Waals surface area contributed by atoms with E-state index in [1.807, 2.05) is 7.05 Å². The zero-order valence-electron chi connectivity index (χ0n) is 26.1. The summed E-state index contributed by atoms with van der Waals surface area (Å²) in [5, 5.41) is 3.15. The second-order valence-electron chi connectivity index (χ2n) is 10.8. The van der Waals surface area contributed by atoms with Crippen LogP contribution < -0.4 is 5.32 Å². The third-order valence-electron chi connectivity index (χ3n) is 7.15. The van der Waals surface area contributed by atoms with Crippen molar-refractivity contribution in [1.82, 2.24) is 10.2 Å². The Morgan fingerprint density at radius 1 is 0.605 bits per heavy atom. The number of nitrogens with one attached hydrogen (secondary N) is 1. The third-order valence-corrected chi connectivity index (χ3v) is 7.15. The number of amides is 1. The number of carbonyl (C=O) groups is 1. The molecule has 0 bridgehead atoms. The number of amidine groups is 1. The van der Waals surface area contributed by atoms with Crippen LogP contribution in [0.15, 0.2) is 29.3 Å². The van der Waals surface area contributed by atoms with Crippen LogP contribution in [0.2, 0.25) is 0 Å². The molecule has 1 amide bonds. The van der Waals surface area contributed by atoms with E-state index in [1.54, 1.807) is 0 Å². The van der Waals surface area contributed by atoms with Gasteiger partial charge in [0.2, 0.25) is 5.91 Å². The second kappa shape index (κ2) is 30.0. The Bertz CT molecular complexity index is 597. The quantitative estimate of drug-likeness (QED) is 0.0496. The first-order chi connectivity index (χ1) is 18.7. The van der Waals surface area contributed by atoms with Gasteiger partial charge in [0, 0.05) is 39.5 Å². The Morgan fingerprint density at radius 3 is 1.58 bits per heavy atom. The number of allylic oxidation sites excluding steroid dienone is 4. The molecule has 0 aromatic carbocycles. The molecule has 0 aliphatic carbocycles. The lowest BCUT2D eigenvalue weighted by Crippen LogP contribution is -2.39. The number of unbranched alkanes of at least 4 members (excludes halogenated alkanes) is 14. The van der Waals surface area contributed by atoms with E-state index in [0.717, 1.165) is 38.8 Å². The number of hydrogen-bond acceptors (Lipinski definition) is 2. The minimum absolute atomic E-state index is 0.204. The maximum Gasteiger partial charge on any atom is 0.220 e. The molecule has 0 aliphatic rings. The molecule has 1 N–H and O–H groups in total. The van der Waals surface area contributed by atoms with E-state index in [2.05, 4.69) is 60.3 Å². The fraction of sp³-hybridized carbons (Fsp3) is 0.824. The summed E-state index contributed by atoms with van der Waals surface area (Å²) in [5.74, 6) is 1.41. The smallest absolute Gasteiger partial charge is 0.220 e. The van der Waals surface area contributed by atoms with Gasteiger partial charge in [0.15, 0.2) is 0 Å². The van der Waals surface area contributed by atoms with Crippen LogP contribution in [0.25, 0.3) is 0 Å². The average molecular weight is 532 g/mol. The minimum Gasteiger partial charge on any atom is -0.359 e. The summed E-state index contributed by atoms with van der Waals surface area (Å²) in [6.45, 7) is 9.31. The van der Waals surface area contributed by atoms with Gasteiger partial charge < -0.3 is 10.2 Å². The largest absolute Gasteiger partial charge is 0.359 e. The summed E-state index contributed by atoms with van der Waals surface area (Å²) >= 11 is 0. The van der Waals surface area contributed by atoms with Crippen molar-refractivity contribution in [2.45, 2.75) is 156 Å². The first-order valence-electron chi connectivity index (χ1n) is 16.5. The SMILES string of the molecule is CCCC/C=C/CCCCCCCC(=O)NCCN(CCC)C(CCCCCCC/C=C/CCCC)=NC. The van der Waals surface area contributed by atoms with Crippen LogP contribution in [-0.2, 0) is 4.79 Å². The molecule has 222 valence electrons. The van der Waals surface area contributed by atoms with Crippen molar-refractivity contribution in [2.24, 2.45) is 4.99 Å². The monoisotopic (exact) mass is 532 g/mol. The molecule has 0 radical (unpaired) electrons. The predicted molar refractivity (Wildman–Crippen MR) is 170 cm³/mol. The van der Waals surface area contributed by atoms with Crippen molar-refractivity contribution in [3.63, 3.8) is 0 Å². The summed E-state index contributed by atoms with van der Waals surface area (Å²) in [6.07, 6.45) is 34.7. The Labute approximate surface area is 238 Å². The van der Waals surface area contributed by atoms with E-state index in [1.165, 1.54) is 109 Å². The summed E-state index contributed by atoms with van der Waals surface area (Å²) in [5.41, 5.74) is 0.